The normalized spacial score (nSPS) is 9.83. The molecule has 12 heavy (non-hydrogen) atoms. The number of aromatic nitrogens is 1. The number of carbonyl (C=O) groups excluding carboxylic acids is 1. The second-order valence-corrected chi connectivity index (χ2v) is 3.12. The van der Waals surface area contributed by atoms with Gasteiger partial charge in [-0.25, -0.2) is 10.0 Å². The average Bonchev–Trinajstić information content (AvgIpc) is 2.49. The number of amides is 1. The first-order chi connectivity index (χ1) is 5.65. The van der Waals surface area contributed by atoms with E-state index in [0.717, 1.165) is 16.4 Å². The van der Waals surface area contributed by atoms with E-state index in [0.29, 0.717) is 10.0 Å². The Morgan fingerprint density at radius 1 is 1.83 bits per heavy atom. The van der Waals surface area contributed by atoms with Crippen LogP contribution in [0.4, 0.5) is 5.00 Å². The number of nitrogens with two attached hydrogens (primary N) is 1. The highest BCUT2D eigenvalue weighted by atomic mass is 32.1. The molecular weight excluding hydrogens is 178 g/mol. The Hall–Kier alpha value is -1.14. The van der Waals surface area contributed by atoms with Gasteiger partial charge in [0, 0.05) is 7.05 Å². The standard InChI is InChI=1S/C6H9N3O2S/c1-9(11-2)6(10)5-8-3-4(7)12-5/h3H,7H2,1-2H3. The molecule has 0 saturated heterocycles. The van der Waals surface area contributed by atoms with Gasteiger partial charge in [0.25, 0.3) is 0 Å². The van der Waals surface area contributed by atoms with Crippen LogP contribution in [0.25, 0.3) is 0 Å². The number of hydrogen-bond donors (Lipinski definition) is 1. The molecule has 0 spiro atoms. The zero-order valence-electron chi connectivity index (χ0n) is 6.77. The summed E-state index contributed by atoms with van der Waals surface area (Å²) in [5, 5.41) is 1.94. The van der Waals surface area contributed by atoms with Gasteiger partial charge in [-0.2, -0.15) is 0 Å². The number of thiazole rings is 1. The van der Waals surface area contributed by atoms with Crippen molar-refractivity contribution in [2.75, 3.05) is 19.9 Å². The average molecular weight is 187 g/mol. The first kappa shape index (κ1) is 8.95. The molecule has 0 atom stereocenters. The van der Waals surface area contributed by atoms with Crippen LogP contribution < -0.4 is 5.73 Å². The molecule has 0 saturated carbocycles. The molecule has 1 rings (SSSR count). The summed E-state index contributed by atoms with van der Waals surface area (Å²) in [6, 6.07) is 0. The zero-order valence-corrected chi connectivity index (χ0v) is 7.59. The lowest BCUT2D eigenvalue weighted by molar-refractivity contribution is -0.0757. The molecular formula is C6H9N3O2S. The van der Waals surface area contributed by atoms with Crippen LogP contribution in [0.1, 0.15) is 9.80 Å². The van der Waals surface area contributed by atoms with Crippen molar-refractivity contribution in [3.05, 3.63) is 11.2 Å². The largest absolute Gasteiger partial charge is 0.389 e. The van der Waals surface area contributed by atoms with Gasteiger partial charge < -0.3 is 5.73 Å². The fourth-order valence-electron chi connectivity index (χ4n) is 0.603. The third-order valence-corrected chi connectivity index (χ3v) is 2.08. The van der Waals surface area contributed by atoms with Gasteiger partial charge >= 0.3 is 5.91 Å². The Labute approximate surface area is 73.7 Å². The highest BCUT2D eigenvalue weighted by molar-refractivity contribution is 7.17. The van der Waals surface area contributed by atoms with Gasteiger partial charge in [-0.05, 0) is 0 Å². The zero-order chi connectivity index (χ0) is 9.14. The molecule has 0 aromatic carbocycles. The van der Waals surface area contributed by atoms with Crippen molar-refractivity contribution in [2.45, 2.75) is 0 Å². The maximum absolute atomic E-state index is 11.3. The fourth-order valence-corrected chi connectivity index (χ4v) is 1.25. The van der Waals surface area contributed by atoms with Crippen molar-refractivity contribution < 1.29 is 9.63 Å². The monoisotopic (exact) mass is 187 g/mol. The van der Waals surface area contributed by atoms with Gasteiger partial charge in [-0.3, -0.25) is 9.63 Å². The molecule has 1 amide bonds. The number of carbonyl (C=O) groups is 1. The summed E-state index contributed by atoms with van der Waals surface area (Å²) in [4.78, 5) is 19.8. The van der Waals surface area contributed by atoms with Gasteiger partial charge in [-0.15, -0.1) is 0 Å². The van der Waals surface area contributed by atoms with Crippen molar-refractivity contribution in [1.29, 1.82) is 0 Å². The number of nitrogen functional groups attached to an aromatic ring is 1. The van der Waals surface area contributed by atoms with Crippen molar-refractivity contribution in [2.24, 2.45) is 0 Å². The predicted octanol–water partition coefficient (Wildman–Crippen LogP) is 0.359. The van der Waals surface area contributed by atoms with Crippen LogP contribution in [0.2, 0.25) is 0 Å². The molecule has 0 radical (unpaired) electrons. The Morgan fingerprint density at radius 3 is 2.92 bits per heavy atom. The molecule has 5 nitrogen and oxygen atoms in total. The first-order valence-corrected chi connectivity index (χ1v) is 4.00. The van der Waals surface area contributed by atoms with Crippen molar-refractivity contribution in [3.63, 3.8) is 0 Å². The molecule has 1 aromatic rings. The Kier molecular flexibility index (Phi) is 2.61. The summed E-state index contributed by atoms with van der Waals surface area (Å²) in [5.41, 5.74) is 5.40. The van der Waals surface area contributed by atoms with E-state index in [1.165, 1.54) is 20.4 Å². The van der Waals surface area contributed by atoms with E-state index in [2.05, 4.69) is 9.82 Å². The van der Waals surface area contributed by atoms with Crippen LogP contribution in [0.3, 0.4) is 0 Å². The second kappa shape index (κ2) is 3.51. The van der Waals surface area contributed by atoms with E-state index in [-0.39, 0.29) is 5.91 Å². The van der Waals surface area contributed by atoms with E-state index in [1.807, 2.05) is 0 Å². The van der Waals surface area contributed by atoms with Gasteiger partial charge in [-0.1, -0.05) is 11.3 Å². The Balaban J connectivity index is 2.78. The SMILES string of the molecule is CON(C)C(=O)c1ncc(N)s1. The summed E-state index contributed by atoms with van der Waals surface area (Å²) < 4.78 is 0. The van der Waals surface area contributed by atoms with Gasteiger partial charge in [0.1, 0.15) is 5.00 Å². The quantitative estimate of drug-likeness (QED) is 0.679. The van der Waals surface area contributed by atoms with Crippen LogP contribution in [0, 0.1) is 0 Å². The highest BCUT2D eigenvalue weighted by Gasteiger charge is 2.14. The summed E-state index contributed by atoms with van der Waals surface area (Å²) in [6.07, 6.45) is 1.45. The molecule has 1 heterocycles. The molecule has 0 unspecified atom stereocenters. The lowest BCUT2D eigenvalue weighted by atomic mass is 10.6. The van der Waals surface area contributed by atoms with E-state index in [1.54, 1.807) is 0 Å². The maximum atomic E-state index is 11.3. The van der Waals surface area contributed by atoms with Crippen molar-refractivity contribution >= 4 is 22.2 Å². The minimum Gasteiger partial charge on any atom is -0.389 e. The van der Waals surface area contributed by atoms with Gasteiger partial charge in [0.05, 0.1) is 13.3 Å². The molecule has 2 N–H and O–H groups in total. The maximum Gasteiger partial charge on any atom is 0.306 e. The van der Waals surface area contributed by atoms with E-state index in [9.17, 15) is 4.79 Å². The summed E-state index contributed by atoms with van der Waals surface area (Å²) in [7, 11) is 2.93. The molecule has 66 valence electrons. The lowest BCUT2D eigenvalue weighted by Crippen LogP contribution is -2.25. The minimum absolute atomic E-state index is 0.292. The molecule has 0 fully saturated rings. The topological polar surface area (TPSA) is 68.5 Å². The molecule has 1 aromatic heterocycles. The minimum atomic E-state index is -0.292. The summed E-state index contributed by atoms with van der Waals surface area (Å²) >= 11 is 1.13. The fraction of sp³-hybridized carbons (Fsp3) is 0.333. The highest BCUT2D eigenvalue weighted by Crippen LogP contribution is 2.15. The van der Waals surface area contributed by atoms with Crippen LogP contribution >= 0.6 is 11.3 Å². The number of anilines is 1. The van der Waals surface area contributed by atoms with Crippen LogP contribution in [-0.4, -0.2) is 30.1 Å². The number of hydrogen-bond acceptors (Lipinski definition) is 5. The van der Waals surface area contributed by atoms with Gasteiger partial charge in [0.2, 0.25) is 0 Å². The number of hydroxylamine groups is 2. The Bertz CT molecular complexity index is 286. The second-order valence-electron chi connectivity index (χ2n) is 2.05. The molecule has 0 aliphatic rings. The molecule has 0 aliphatic heterocycles. The predicted molar refractivity (Wildman–Crippen MR) is 45.6 cm³/mol. The van der Waals surface area contributed by atoms with E-state index < -0.39 is 0 Å². The number of rotatable bonds is 2. The van der Waals surface area contributed by atoms with Crippen molar-refractivity contribution in [3.8, 4) is 0 Å². The van der Waals surface area contributed by atoms with Crippen molar-refractivity contribution in [1.82, 2.24) is 10.0 Å². The lowest BCUT2D eigenvalue weighted by Gasteiger charge is -2.10. The smallest absolute Gasteiger partial charge is 0.306 e. The summed E-state index contributed by atoms with van der Waals surface area (Å²) in [6.45, 7) is 0. The van der Waals surface area contributed by atoms with E-state index in [4.69, 9.17) is 5.73 Å². The third-order valence-electron chi connectivity index (χ3n) is 1.27. The first-order valence-electron chi connectivity index (χ1n) is 3.18. The van der Waals surface area contributed by atoms with Crippen LogP contribution in [-0.2, 0) is 4.84 Å². The summed E-state index contributed by atoms with van der Waals surface area (Å²) in [5.74, 6) is -0.292. The molecule has 0 aliphatic carbocycles. The van der Waals surface area contributed by atoms with Crippen LogP contribution in [0.15, 0.2) is 6.20 Å². The Morgan fingerprint density at radius 2 is 2.50 bits per heavy atom. The van der Waals surface area contributed by atoms with Gasteiger partial charge in [0.15, 0.2) is 5.01 Å². The number of nitrogens with zero attached hydrogens (tertiary/aromatic N) is 2. The molecule has 0 bridgehead atoms. The van der Waals surface area contributed by atoms with Crippen LogP contribution in [0.5, 0.6) is 0 Å². The molecule has 6 heteroatoms. The van der Waals surface area contributed by atoms with E-state index >= 15 is 0 Å². The third kappa shape index (κ3) is 1.72.